The monoisotopic (exact) mass is 340 g/mol. The van der Waals surface area contributed by atoms with Crippen LogP contribution in [0.4, 0.5) is 5.69 Å². The highest BCUT2D eigenvalue weighted by atomic mass is 35.5. The Morgan fingerprint density at radius 2 is 1.79 bits per heavy atom. The van der Waals surface area contributed by atoms with E-state index in [4.69, 9.17) is 11.6 Å². The predicted octanol–water partition coefficient (Wildman–Crippen LogP) is 4.10. The van der Waals surface area contributed by atoms with Crippen molar-refractivity contribution in [3.05, 3.63) is 70.3 Å². The molecular formula is C18H17ClN4O. The molecule has 0 atom stereocenters. The molecule has 122 valence electrons. The summed E-state index contributed by atoms with van der Waals surface area (Å²) in [4.78, 5) is 16.7. The summed E-state index contributed by atoms with van der Waals surface area (Å²) < 4.78 is 1.62. The van der Waals surface area contributed by atoms with Gasteiger partial charge in [0.15, 0.2) is 0 Å². The first-order chi connectivity index (χ1) is 11.4. The zero-order valence-electron chi connectivity index (χ0n) is 13.7. The van der Waals surface area contributed by atoms with Crippen molar-refractivity contribution in [1.82, 2.24) is 14.8 Å². The summed E-state index contributed by atoms with van der Waals surface area (Å²) in [5.41, 5.74) is 3.70. The molecule has 0 aliphatic carbocycles. The average molecular weight is 341 g/mol. The Hall–Kier alpha value is -2.66. The Bertz CT molecular complexity index is 900. The maximum Gasteiger partial charge on any atom is 0.295 e. The second-order valence-corrected chi connectivity index (χ2v) is 6.08. The number of benzene rings is 2. The Kier molecular flexibility index (Phi) is 4.36. The summed E-state index contributed by atoms with van der Waals surface area (Å²) in [6, 6.07) is 13.0. The minimum atomic E-state index is -0.335. The van der Waals surface area contributed by atoms with E-state index < -0.39 is 0 Å². The molecule has 1 heterocycles. The van der Waals surface area contributed by atoms with Gasteiger partial charge in [-0.2, -0.15) is 0 Å². The molecule has 5 nitrogen and oxygen atoms in total. The van der Waals surface area contributed by atoms with Crippen molar-refractivity contribution in [2.24, 2.45) is 0 Å². The quantitative estimate of drug-likeness (QED) is 0.781. The molecule has 0 saturated carbocycles. The molecule has 0 unspecified atom stereocenters. The average Bonchev–Trinajstić information content (AvgIpc) is 2.93. The lowest BCUT2D eigenvalue weighted by atomic mass is 10.1. The number of nitrogens with zero attached hydrogens (tertiary/aromatic N) is 3. The maximum atomic E-state index is 12.4. The molecular weight excluding hydrogens is 324 g/mol. The van der Waals surface area contributed by atoms with Crippen LogP contribution in [0.1, 0.15) is 27.6 Å². The topological polar surface area (TPSA) is 59.8 Å². The standard InChI is InChI=1S/C18H17ClN4O/c1-11-4-9-16(12(2)10-11)21-18(24)17-20-13(3)23(22-17)15-7-5-14(19)6-8-15/h4-10H,1-3H3,(H,21,24). The summed E-state index contributed by atoms with van der Waals surface area (Å²) in [7, 11) is 0. The molecule has 6 heteroatoms. The van der Waals surface area contributed by atoms with Gasteiger partial charge in [-0.1, -0.05) is 29.3 Å². The number of hydrogen-bond donors (Lipinski definition) is 1. The Labute approximate surface area is 145 Å². The van der Waals surface area contributed by atoms with Crippen LogP contribution in [0.25, 0.3) is 5.69 Å². The fraction of sp³-hybridized carbons (Fsp3) is 0.167. The lowest BCUT2D eigenvalue weighted by Crippen LogP contribution is -2.15. The molecule has 3 rings (SSSR count). The van der Waals surface area contributed by atoms with Crippen LogP contribution in [0, 0.1) is 20.8 Å². The smallest absolute Gasteiger partial charge is 0.295 e. The Morgan fingerprint density at radius 3 is 2.46 bits per heavy atom. The summed E-state index contributed by atoms with van der Waals surface area (Å²) in [5, 5.41) is 7.80. The van der Waals surface area contributed by atoms with Gasteiger partial charge in [0.25, 0.3) is 5.91 Å². The van der Waals surface area contributed by atoms with Gasteiger partial charge in [-0.15, -0.1) is 5.10 Å². The molecule has 1 amide bonds. The largest absolute Gasteiger partial charge is 0.319 e. The molecule has 3 aromatic rings. The number of hydrogen-bond acceptors (Lipinski definition) is 3. The van der Waals surface area contributed by atoms with Crippen LogP contribution in [0.15, 0.2) is 42.5 Å². The van der Waals surface area contributed by atoms with Crippen molar-refractivity contribution < 1.29 is 4.79 Å². The Balaban J connectivity index is 1.86. The van der Waals surface area contributed by atoms with Crippen molar-refractivity contribution in [2.75, 3.05) is 5.32 Å². The minimum absolute atomic E-state index is 0.127. The minimum Gasteiger partial charge on any atom is -0.319 e. The first-order valence-electron chi connectivity index (χ1n) is 7.52. The van der Waals surface area contributed by atoms with Crippen LogP contribution in [0.5, 0.6) is 0 Å². The zero-order chi connectivity index (χ0) is 17.3. The van der Waals surface area contributed by atoms with Crippen molar-refractivity contribution in [1.29, 1.82) is 0 Å². The number of nitrogens with one attached hydrogen (secondary N) is 1. The summed E-state index contributed by atoms with van der Waals surface area (Å²) >= 11 is 5.90. The highest BCUT2D eigenvalue weighted by Crippen LogP contribution is 2.18. The summed E-state index contributed by atoms with van der Waals surface area (Å²) in [6.45, 7) is 5.76. The van der Waals surface area contributed by atoms with E-state index in [1.165, 1.54) is 0 Å². The second-order valence-electron chi connectivity index (χ2n) is 5.64. The first kappa shape index (κ1) is 16.2. The molecule has 2 aromatic carbocycles. The van der Waals surface area contributed by atoms with Crippen LogP contribution in [0.3, 0.4) is 0 Å². The molecule has 0 saturated heterocycles. The molecule has 0 bridgehead atoms. The molecule has 0 aliphatic heterocycles. The lowest BCUT2D eigenvalue weighted by Gasteiger charge is -2.07. The highest BCUT2D eigenvalue weighted by molar-refractivity contribution is 6.30. The van der Waals surface area contributed by atoms with Gasteiger partial charge in [0, 0.05) is 10.7 Å². The van der Waals surface area contributed by atoms with Gasteiger partial charge in [-0.3, -0.25) is 4.79 Å². The second kappa shape index (κ2) is 6.45. The van der Waals surface area contributed by atoms with Gasteiger partial charge in [-0.25, -0.2) is 9.67 Å². The molecule has 1 N–H and O–H groups in total. The fourth-order valence-electron chi connectivity index (χ4n) is 2.45. The number of halogens is 1. The maximum absolute atomic E-state index is 12.4. The van der Waals surface area contributed by atoms with Crippen LogP contribution in [-0.4, -0.2) is 20.7 Å². The SMILES string of the molecule is Cc1ccc(NC(=O)c2nc(C)n(-c3ccc(Cl)cc3)n2)c(C)c1. The van der Waals surface area contributed by atoms with Gasteiger partial charge < -0.3 is 5.32 Å². The number of anilines is 1. The van der Waals surface area contributed by atoms with Gasteiger partial charge in [0.05, 0.1) is 5.69 Å². The van der Waals surface area contributed by atoms with E-state index in [-0.39, 0.29) is 11.7 Å². The molecule has 1 aromatic heterocycles. The summed E-state index contributed by atoms with van der Waals surface area (Å²) in [5.74, 6) is 0.420. The molecule has 24 heavy (non-hydrogen) atoms. The van der Waals surface area contributed by atoms with Crippen molar-refractivity contribution in [2.45, 2.75) is 20.8 Å². The van der Waals surface area contributed by atoms with Crippen molar-refractivity contribution in [3.8, 4) is 5.69 Å². The zero-order valence-corrected chi connectivity index (χ0v) is 14.4. The number of aryl methyl sites for hydroxylation is 3. The van der Waals surface area contributed by atoms with E-state index in [0.717, 1.165) is 22.5 Å². The van der Waals surface area contributed by atoms with Gasteiger partial charge in [0.2, 0.25) is 5.82 Å². The third-order valence-electron chi connectivity index (χ3n) is 3.67. The van der Waals surface area contributed by atoms with E-state index in [2.05, 4.69) is 15.4 Å². The van der Waals surface area contributed by atoms with Crippen LogP contribution in [0.2, 0.25) is 5.02 Å². The third kappa shape index (κ3) is 3.31. The normalized spacial score (nSPS) is 10.7. The van der Waals surface area contributed by atoms with E-state index in [1.807, 2.05) is 44.2 Å². The lowest BCUT2D eigenvalue weighted by molar-refractivity contribution is 0.101. The first-order valence-corrected chi connectivity index (χ1v) is 7.90. The molecule has 0 spiro atoms. The number of carbonyl (C=O) groups excluding carboxylic acids is 1. The van der Waals surface area contributed by atoms with Crippen molar-refractivity contribution in [3.63, 3.8) is 0 Å². The van der Waals surface area contributed by atoms with Crippen LogP contribution < -0.4 is 5.32 Å². The molecule has 0 aliphatic rings. The molecule has 0 radical (unpaired) electrons. The van der Waals surface area contributed by atoms with Gasteiger partial charge in [-0.05, 0) is 56.7 Å². The highest BCUT2D eigenvalue weighted by Gasteiger charge is 2.16. The van der Waals surface area contributed by atoms with E-state index >= 15 is 0 Å². The number of amides is 1. The van der Waals surface area contributed by atoms with E-state index in [1.54, 1.807) is 23.7 Å². The number of carbonyl (C=O) groups is 1. The Morgan fingerprint density at radius 1 is 1.08 bits per heavy atom. The number of rotatable bonds is 3. The number of aromatic nitrogens is 3. The van der Waals surface area contributed by atoms with Gasteiger partial charge >= 0.3 is 0 Å². The third-order valence-corrected chi connectivity index (χ3v) is 3.93. The van der Waals surface area contributed by atoms with Crippen molar-refractivity contribution >= 4 is 23.2 Å². The van der Waals surface area contributed by atoms with Crippen LogP contribution in [-0.2, 0) is 0 Å². The van der Waals surface area contributed by atoms with E-state index in [9.17, 15) is 4.79 Å². The molecule has 0 fully saturated rings. The van der Waals surface area contributed by atoms with E-state index in [0.29, 0.717) is 10.8 Å². The van der Waals surface area contributed by atoms with Gasteiger partial charge in [0.1, 0.15) is 5.82 Å². The fourth-order valence-corrected chi connectivity index (χ4v) is 2.57. The van der Waals surface area contributed by atoms with Crippen LogP contribution >= 0.6 is 11.6 Å². The predicted molar refractivity (Wildman–Crippen MR) is 95.0 cm³/mol. The summed E-state index contributed by atoms with van der Waals surface area (Å²) in [6.07, 6.45) is 0.